The Kier molecular flexibility index (Phi) is 4.97. The van der Waals surface area contributed by atoms with Crippen molar-refractivity contribution in [3.05, 3.63) is 24.3 Å². The molecule has 0 atom stereocenters. The Morgan fingerprint density at radius 3 is 2.14 bits per heavy atom. The summed E-state index contributed by atoms with van der Waals surface area (Å²) in [5.74, 6) is -0.455. The fraction of sp³-hybridized carbons (Fsp3) is 0.538. The van der Waals surface area contributed by atoms with Gasteiger partial charge in [-0.15, -0.1) is 13.2 Å². The zero-order valence-electron chi connectivity index (χ0n) is 12.2. The zero-order valence-corrected chi connectivity index (χ0v) is 12.2. The van der Waals surface area contributed by atoms with Crippen LogP contribution in [0.2, 0.25) is 0 Å². The first-order valence-electron chi connectivity index (χ1n) is 6.26. The number of ether oxygens (including phenoxy) is 1. The van der Waals surface area contributed by atoms with Gasteiger partial charge in [0.25, 0.3) is 0 Å². The Labute approximate surface area is 121 Å². The third-order valence-electron chi connectivity index (χ3n) is 3.26. The molecule has 0 aliphatic carbocycles. The van der Waals surface area contributed by atoms with Gasteiger partial charge in [-0.3, -0.25) is 0 Å². The first-order valence-corrected chi connectivity index (χ1v) is 6.26. The van der Waals surface area contributed by atoms with Crippen molar-refractivity contribution in [3.63, 3.8) is 0 Å². The minimum Gasteiger partial charge on any atom is -0.423 e. The minimum atomic E-state index is -4.81. The van der Waals surface area contributed by atoms with E-state index in [1.165, 1.54) is 26.0 Å². The molecule has 4 nitrogen and oxygen atoms in total. The molecular weight excluding hydrogens is 288 g/mol. The Bertz CT molecular complexity index is 483. The van der Waals surface area contributed by atoms with Crippen LogP contribution in [-0.2, 0) is 4.65 Å². The van der Waals surface area contributed by atoms with Crippen molar-refractivity contribution in [3.8, 4) is 5.75 Å². The average molecular weight is 306 g/mol. The van der Waals surface area contributed by atoms with Crippen LogP contribution in [0.5, 0.6) is 5.75 Å². The quantitative estimate of drug-likeness (QED) is 0.815. The van der Waals surface area contributed by atoms with Crippen LogP contribution >= 0.6 is 0 Å². The normalized spacial score (nSPS) is 13.2. The molecule has 0 spiro atoms. The van der Waals surface area contributed by atoms with Gasteiger partial charge in [-0.25, -0.2) is 0 Å². The molecule has 0 saturated heterocycles. The van der Waals surface area contributed by atoms with Gasteiger partial charge in [0.2, 0.25) is 0 Å². The van der Waals surface area contributed by atoms with Gasteiger partial charge in [-0.05, 0) is 45.3 Å². The van der Waals surface area contributed by atoms with Gasteiger partial charge in [0.15, 0.2) is 0 Å². The monoisotopic (exact) mass is 306 g/mol. The molecule has 0 saturated carbocycles. The summed E-state index contributed by atoms with van der Waals surface area (Å²) in [4.78, 5) is 0. The molecule has 0 amide bonds. The Morgan fingerprint density at radius 2 is 1.67 bits per heavy atom. The predicted molar refractivity (Wildman–Crippen MR) is 72.2 cm³/mol. The molecular formula is C13H18BF3O4. The van der Waals surface area contributed by atoms with Crippen LogP contribution in [0, 0.1) is 0 Å². The average Bonchev–Trinajstić information content (AvgIpc) is 2.24. The zero-order chi connectivity index (χ0) is 16.5. The summed E-state index contributed by atoms with van der Waals surface area (Å²) < 4.78 is 45.6. The fourth-order valence-electron chi connectivity index (χ4n) is 1.36. The standard InChI is InChI=1S/C13H18BF3O4/c1-11(2,18)12(3,4)21-14(19)9-6-5-7-10(8-9)20-13(15,16)17/h5-8,18-19H,1-4H3. The summed E-state index contributed by atoms with van der Waals surface area (Å²) in [7, 11) is -1.50. The van der Waals surface area contributed by atoms with Crippen molar-refractivity contribution in [2.45, 2.75) is 45.3 Å². The van der Waals surface area contributed by atoms with Crippen LogP contribution in [0.3, 0.4) is 0 Å². The van der Waals surface area contributed by atoms with Gasteiger partial charge in [-0.1, -0.05) is 12.1 Å². The van der Waals surface area contributed by atoms with Crippen molar-refractivity contribution >= 4 is 12.6 Å². The second-order valence-corrected chi connectivity index (χ2v) is 5.66. The van der Waals surface area contributed by atoms with E-state index in [1.54, 1.807) is 13.8 Å². The van der Waals surface area contributed by atoms with Gasteiger partial charge >= 0.3 is 13.5 Å². The fourth-order valence-corrected chi connectivity index (χ4v) is 1.36. The molecule has 8 heteroatoms. The summed E-state index contributed by atoms with van der Waals surface area (Å²) in [6, 6.07) is 4.85. The molecule has 0 aromatic heterocycles. The highest BCUT2D eigenvalue weighted by atomic mass is 19.4. The summed E-state index contributed by atoms with van der Waals surface area (Å²) >= 11 is 0. The van der Waals surface area contributed by atoms with E-state index in [0.29, 0.717) is 0 Å². The molecule has 0 aliphatic heterocycles. The topological polar surface area (TPSA) is 58.9 Å². The Hall–Kier alpha value is -1.25. The van der Waals surface area contributed by atoms with E-state index in [0.717, 1.165) is 12.1 Å². The largest absolute Gasteiger partial charge is 0.573 e. The lowest BCUT2D eigenvalue weighted by Gasteiger charge is -2.38. The third kappa shape index (κ3) is 5.22. The van der Waals surface area contributed by atoms with E-state index in [9.17, 15) is 23.3 Å². The highest BCUT2D eigenvalue weighted by Gasteiger charge is 2.39. The molecule has 0 bridgehead atoms. The van der Waals surface area contributed by atoms with E-state index in [2.05, 4.69) is 4.74 Å². The first-order chi connectivity index (χ1) is 9.32. The van der Waals surface area contributed by atoms with Crippen LogP contribution in [0.1, 0.15) is 27.7 Å². The van der Waals surface area contributed by atoms with Gasteiger partial charge < -0.3 is 19.5 Å². The van der Waals surface area contributed by atoms with Crippen molar-refractivity contribution in [2.75, 3.05) is 0 Å². The summed E-state index contributed by atoms with van der Waals surface area (Å²) in [5.41, 5.74) is -2.28. The van der Waals surface area contributed by atoms with Gasteiger partial charge in [0.1, 0.15) is 5.75 Å². The maximum Gasteiger partial charge on any atom is 0.573 e. The highest BCUT2D eigenvalue weighted by Crippen LogP contribution is 2.26. The lowest BCUT2D eigenvalue weighted by Crippen LogP contribution is -2.53. The van der Waals surface area contributed by atoms with E-state index in [1.807, 2.05) is 0 Å². The van der Waals surface area contributed by atoms with Crippen LogP contribution in [0.25, 0.3) is 0 Å². The van der Waals surface area contributed by atoms with E-state index in [4.69, 9.17) is 4.65 Å². The molecule has 0 heterocycles. The summed E-state index contributed by atoms with van der Waals surface area (Å²) in [5, 5.41) is 19.9. The number of benzene rings is 1. The maximum atomic E-state index is 12.2. The van der Waals surface area contributed by atoms with Gasteiger partial charge in [0.05, 0.1) is 11.2 Å². The molecule has 0 aliphatic rings. The smallest absolute Gasteiger partial charge is 0.423 e. The first kappa shape index (κ1) is 17.8. The second kappa shape index (κ2) is 5.86. The van der Waals surface area contributed by atoms with Crippen molar-refractivity contribution in [1.29, 1.82) is 0 Å². The van der Waals surface area contributed by atoms with Crippen molar-refractivity contribution < 1.29 is 32.7 Å². The molecule has 118 valence electrons. The SMILES string of the molecule is CC(C)(O)C(C)(C)OB(O)c1cccc(OC(F)(F)F)c1. The van der Waals surface area contributed by atoms with E-state index < -0.39 is 30.4 Å². The number of rotatable bonds is 5. The lowest BCUT2D eigenvalue weighted by atomic mass is 9.76. The predicted octanol–water partition coefficient (Wildman–Crippen LogP) is 1.84. The Balaban J connectivity index is 2.89. The summed E-state index contributed by atoms with van der Waals surface area (Å²) in [6.45, 7) is 6.13. The number of halogens is 3. The van der Waals surface area contributed by atoms with Gasteiger partial charge in [0, 0.05) is 0 Å². The highest BCUT2D eigenvalue weighted by molar-refractivity contribution is 6.60. The molecule has 0 fully saturated rings. The summed E-state index contributed by atoms with van der Waals surface area (Å²) in [6.07, 6.45) is -4.81. The third-order valence-corrected chi connectivity index (χ3v) is 3.26. The van der Waals surface area contributed by atoms with Crippen LogP contribution < -0.4 is 10.2 Å². The molecule has 1 rings (SSSR count). The minimum absolute atomic E-state index is 0.0917. The lowest BCUT2D eigenvalue weighted by molar-refractivity contribution is -0.274. The number of hydrogen-bond acceptors (Lipinski definition) is 4. The molecule has 21 heavy (non-hydrogen) atoms. The van der Waals surface area contributed by atoms with Crippen LogP contribution in [0.4, 0.5) is 13.2 Å². The number of aliphatic hydroxyl groups is 1. The maximum absolute atomic E-state index is 12.2. The molecule has 1 aromatic carbocycles. The van der Waals surface area contributed by atoms with Crippen LogP contribution in [0.15, 0.2) is 24.3 Å². The van der Waals surface area contributed by atoms with Crippen molar-refractivity contribution in [2.24, 2.45) is 0 Å². The van der Waals surface area contributed by atoms with E-state index in [-0.39, 0.29) is 5.46 Å². The molecule has 2 N–H and O–H groups in total. The molecule has 0 unspecified atom stereocenters. The van der Waals surface area contributed by atoms with E-state index >= 15 is 0 Å². The van der Waals surface area contributed by atoms with Gasteiger partial charge in [-0.2, -0.15) is 0 Å². The number of alkyl halides is 3. The Morgan fingerprint density at radius 1 is 1.10 bits per heavy atom. The number of hydrogen-bond donors (Lipinski definition) is 2. The molecule has 0 radical (unpaired) electrons. The second-order valence-electron chi connectivity index (χ2n) is 5.66. The molecule has 1 aromatic rings. The van der Waals surface area contributed by atoms with Crippen molar-refractivity contribution in [1.82, 2.24) is 0 Å². The van der Waals surface area contributed by atoms with Crippen LogP contribution in [-0.4, -0.2) is 34.8 Å².